The van der Waals surface area contributed by atoms with E-state index in [0.717, 1.165) is 17.1 Å². The molecule has 0 N–H and O–H groups in total. The second kappa shape index (κ2) is 14.6. The van der Waals surface area contributed by atoms with Crippen LogP contribution in [-0.4, -0.2) is 0 Å². The van der Waals surface area contributed by atoms with E-state index in [1.807, 2.05) is 11.3 Å². The summed E-state index contributed by atoms with van der Waals surface area (Å²) in [4.78, 5) is 4.87. The minimum Gasteiger partial charge on any atom is -0.310 e. The van der Waals surface area contributed by atoms with Gasteiger partial charge in [0.1, 0.15) is 0 Å². The highest BCUT2D eigenvalue weighted by atomic mass is 32.1. The highest BCUT2D eigenvalue weighted by Crippen LogP contribution is 2.63. The van der Waals surface area contributed by atoms with Crippen molar-refractivity contribution in [3.8, 4) is 33.4 Å². The zero-order valence-corrected chi connectivity index (χ0v) is 35.7. The van der Waals surface area contributed by atoms with Gasteiger partial charge in [-0.25, -0.2) is 0 Å². The van der Waals surface area contributed by atoms with Gasteiger partial charge in [0.2, 0.25) is 0 Å². The van der Waals surface area contributed by atoms with Gasteiger partial charge in [-0.15, -0.1) is 11.3 Å². The van der Waals surface area contributed by atoms with E-state index in [1.54, 1.807) is 0 Å². The molecule has 1 aliphatic heterocycles. The first-order valence-corrected chi connectivity index (χ1v) is 22.8. The Kier molecular flexibility index (Phi) is 8.34. The molecular formula is C61H40N2S. The molecule has 10 aromatic carbocycles. The monoisotopic (exact) mass is 832 g/mol. The van der Waals surface area contributed by atoms with Crippen LogP contribution in [0.25, 0.3) is 53.6 Å². The van der Waals surface area contributed by atoms with Gasteiger partial charge >= 0.3 is 0 Å². The van der Waals surface area contributed by atoms with Crippen LogP contribution < -0.4 is 9.80 Å². The van der Waals surface area contributed by atoms with E-state index in [2.05, 4.69) is 252 Å². The topological polar surface area (TPSA) is 6.48 Å². The average molecular weight is 833 g/mol. The molecule has 1 aliphatic carbocycles. The Labute approximate surface area is 377 Å². The molecule has 0 unspecified atom stereocenters. The highest BCUT2D eigenvalue weighted by Gasteiger charge is 2.51. The number of fused-ring (bicyclic) bond motifs is 12. The molecule has 0 bridgehead atoms. The summed E-state index contributed by atoms with van der Waals surface area (Å²) in [5.74, 6) is 0. The summed E-state index contributed by atoms with van der Waals surface area (Å²) in [6, 6.07) is 89.4. The molecule has 0 saturated carbocycles. The van der Waals surface area contributed by atoms with Gasteiger partial charge in [0.05, 0.1) is 27.2 Å². The summed E-state index contributed by atoms with van der Waals surface area (Å²) in [6.07, 6.45) is 0. The van der Waals surface area contributed by atoms with Crippen molar-refractivity contribution in [1.29, 1.82) is 0 Å². The fourth-order valence-corrected chi connectivity index (χ4v) is 11.9. The summed E-state index contributed by atoms with van der Waals surface area (Å²) in [6.45, 7) is 0. The minimum absolute atomic E-state index is 0.508. The standard InChI is InChI=1S/C61H40N2S/c1-3-16-41(17-4-1)42-30-35-46(36-31-42)62(58-28-15-22-51-50-21-8-14-29-59(50)64-60(51)58)47-37-32-43(33-38-47)44-34-39-49-48-20-7-9-23-52(48)61(55(49)40-44)53-24-10-12-26-56(53)63(45-18-5-2-6-19-45)57-27-13-11-25-54(57)61/h1-40H. The van der Waals surface area contributed by atoms with E-state index >= 15 is 0 Å². The van der Waals surface area contributed by atoms with Gasteiger partial charge in [0.25, 0.3) is 0 Å². The predicted octanol–water partition coefficient (Wildman–Crippen LogP) is 17.0. The van der Waals surface area contributed by atoms with Gasteiger partial charge in [-0.2, -0.15) is 0 Å². The van der Waals surface area contributed by atoms with E-state index in [1.165, 1.54) is 92.9 Å². The van der Waals surface area contributed by atoms with E-state index in [4.69, 9.17) is 0 Å². The largest absolute Gasteiger partial charge is 0.310 e. The van der Waals surface area contributed by atoms with Gasteiger partial charge < -0.3 is 9.80 Å². The minimum atomic E-state index is -0.508. The highest BCUT2D eigenvalue weighted by molar-refractivity contribution is 7.26. The Balaban J connectivity index is 0.965. The van der Waals surface area contributed by atoms with Crippen molar-refractivity contribution in [2.24, 2.45) is 0 Å². The third kappa shape index (κ3) is 5.44. The number of benzene rings is 10. The van der Waals surface area contributed by atoms with Crippen LogP contribution in [0.15, 0.2) is 243 Å². The smallest absolute Gasteiger partial charge is 0.0754 e. The zero-order chi connectivity index (χ0) is 42.2. The van der Waals surface area contributed by atoms with Gasteiger partial charge in [0.15, 0.2) is 0 Å². The summed E-state index contributed by atoms with van der Waals surface area (Å²) in [5, 5.41) is 2.58. The van der Waals surface area contributed by atoms with E-state index in [-0.39, 0.29) is 0 Å². The number of hydrogen-bond donors (Lipinski definition) is 0. The maximum absolute atomic E-state index is 2.48. The first-order valence-electron chi connectivity index (χ1n) is 22.0. The van der Waals surface area contributed by atoms with Crippen LogP contribution in [0.3, 0.4) is 0 Å². The van der Waals surface area contributed by atoms with Crippen LogP contribution in [0.5, 0.6) is 0 Å². The van der Waals surface area contributed by atoms with E-state index in [9.17, 15) is 0 Å². The summed E-state index contributed by atoms with van der Waals surface area (Å²) >= 11 is 1.87. The van der Waals surface area contributed by atoms with Crippen LogP contribution in [0.2, 0.25) is 0 Å². The van der Waals surface area contributed by atoms with Crippen LogP contribution in [0.4, 0.5) is 34.1 Å². The fraction of sp³-hybridized carbons (Fsp3) is 0.0164. The molecule has 2 nitrogen and oxygen atoms in total. The Morgan fingerprint density at radius 2 is 0.875 bits per heavy atom. The molecule has 64 heavy (non-hydrogen) atoms. The summed E-state index contributed by atoms with van der Waals surface area (Å²) in [5.41, 5.74) is 19.1. The molecule has 0 radical (unpaired) electrons. The molecule has 0 fully saturated rings. The lowest BCUT2D eigenvalue weighted by Crippen LogP contribution is -2.36. The number of thiophene rings is 1. The fourth-order valence-electron chi connectivity index (χ4n) is 10.7. The maximum Gasteiger partial charge on any atom is 0.0754 e. The van der Waals surface area contributed by atoms with Crippen molar-refractivity contribution in [3.05, 3.63) is 265 Å². The molecule has 3 heteroatoms. The van der Waals surface area contributed by atoms with Crippen LogP contribution in [-0.2, 0) is 5.41 Å². The molecule has 13 rings (SSSR count). The molecule has 0 saturated heterocycles. The zero-order valence-electron chi connectivity index (χ0n) is 34.9. The van der Waals surface area contributed by atoms with Gasteiger partial charge in [-0.05, 0) is 122 Å². The molecular weight excluding hydrogens is 793 g/mol. The van der Waals surface area contributed by atoms with Crippen LogP contribution in [0.1, 0.15) is 22.3 Å². The van der Waals surface area contributed by atoms with Crippen molar-refractivity contribution in [1.82, 2.24) is 0 Å². The molecule has 2 heterocycles. The second-order valence-electron chi connectivity index (χ2n) is 16.8. The molecule has 0 amide bonds. The molecule has 0 atom stereocenters. The lowest BCUT2D eigenvalue weighted by molar-refractivity contribution is 0.753. The average Bonchev–Trinajstić information content (AvgIpc) is 3.90. The maximum atomic E-state index is 2.48. The Morgan fingerprint density at radius 1 is 0.359 bits per heavy atom. The number of hydrogen-bond acceptors (Lipinski definition) is 3. The molecule has 300 valence electrons. The second-order valence-corrected chi connectivity index (χ2v) is 17.9. The lowest BCUT2D eigenvalue weighted by Gasteiger charge is -2.45. The van der Waals surface area contributed by atoms with E-state index < -0.39 is 5.41 Å². The van der Waals surface area contributed by atoms with Crippen molar-refractivity contribution in [2.45, 2.75) is 5.41 Å². The van der Waals surface area contributed by atoms with Crippen LogP contribution in [0, 0.1) is 0 Å². The number of rotatable bonds is 6. The lowest BCUT2D eigenvalue weighted by atomic mass is 9.64. The Morgan fingerprint density at radius 3 is 1.58 bits per heavy atom. The summed E-state index contributed by atoms with van der Waals surface area (Å²) in [7, 11) is 0. The predicted molar refractivity (Wildman–Crippen MR) is 270 cm³/mol. The van der Waals surface area contributed by atoms with Crippen molar-refractivity contribution in [2.75, 3.05) is 9.80 Å². The van der Waals surface area contributed by atoms with Gasteiger partial charge in [-0.1, -0.05) is 176 Å². The Hall–Kier alpha value is -7.98. The van der Waals surface area contributed by atoms with Crippen molar-refractivity contribution < 1.29 is 0 Å². The molecule has 2 aliphatic rings. The van der Waals surface area contributed by atoms with Gasteiger partial charge in [-0.3, -0.25) is 0 Å². The first-order chi connectivity index (χ1) is 31.8. The van der Waals surface area contributed by atoms with Gasteiger partial charge in [0, 0.05) is 32.5 Å². The van der Waals surface area contributed by atoms with E-state index in [0.29, 0.717) is 0 Å². The van der Waals surface area contributed by atoms with Crippen LogP contribution >= 0.6 is 11.3 Å². The molecule has 1 aromatic heterocycles. The third-order valence-electron chi connectivity index (χ3n) is 13.5. The SMILES string of the molecule is c1ccc(-c2ccc(N(c3ccc(-c4ccc5c(c4)C4(c6ccccc6-5)c5ccccc5N(c5ccccc5)c5ccccc54)cc3)c3cccc4c3sc3ccccc34)cc2)cc1. The Bertz CT molecular complexity index is 3510. The van der Waals surface area contributed by atoms with Crippen molar-refractivity contribution >= 4 is 65.6 Å². The quantitative estimate of drug-likeness (QED) is 0.165. The molecule has 1 spiro atoms. The number of para-hydroxylation sites is 3. The summed E-state index contributed by atoms with van der Waals surface area (Å²) < 4.78 is 2.58. The first kappa shape index (κ1) is 36.7. The third-order valence-corrected chi connectivity index (χ3v) is 14.7. The number of nitrogens with zero attached hydrogens (tertiary/aromatic N) is 2. The number of anilines is 6. The van der Waals surface area contributed by atoms with Crippen molar-refractivity contribution in [3.63, 3.8) is 0 Å². The normalized spacial score (nSPS) is 13.1. The molecule has 11 aromatic rings.